The first-order valence-electron chi connectivity index (χ1n) is 8.53. The van der Waals surface area contributed by atoms with Crippen LogP contribution >= 0.6 is 11.3 Å². The number of amides is 1. The van der Waals surface area contributed by atoms with E-state index in [0.29, 0.717) is 30.7 Å². The molecule has 0 bridgehead atoms. The molecule has 0 radical (unpaired) electrons. The molecule has 1 aromatic heterocycles. The topological polar surface area (TPSA) is 66.8 Å². The molecule has 2 heterocycles. The van der Waals surface area contributed by atoms with Gasteiger partial charge in [0.25, 0.3) is 11.7 Å². The van der Waals surface area contributed by atoms with Gasteiger partial charge in [-0.25, -0.2) is 4.39 Å². The number of ketones is 1. The Morgan fingerprint density at radius 2 is 2.11 bits per heavy atom. The molecule has 1 unspecified atom stereocenters. The zero-order chi connectivity index (χ0) is 19.6. The molecule has 1 N–H and O–H groups in total. The highest BCUT2D eigenvalue weighted by molar-refractivity contribution is 7.10. The summed E-state index contributed by atoms with van der Waals surface area (Å²) in [5.41, 5.74) is 0.692. The summed E-state index contributed by atoms with van der Waals surface area (Å²) in [5, 5.41) is 12.7. The standard InChI is InChI=1S/C20H20FNO4S/c1-12-11-13(6-7-14(12)21)18(23)16-17(15-5-3-10-27-15)22(8-4-9-26-2)20(25)19(16)24/h3,5-7,10-11,17,23H,4,8-9H2,1-2H3/b18-16-. The first kappa shape index (κ1) is 19.3. The first-order valence-corrected chi connectivity index (χ1v) is 9.41. The summed E-state index contributed by atoms with van der Waals surface area (Å²) >= 11 is 1.41. The molecular weight excluding hydrogens is 369 g/mol. The number of Topliss-reactive ketones (excluding diaryl/α,β-unsaturated/α-hetero) is 1. The summed E-state index contributed by atoms with van der Waals surface area (Å²) in [4.78, 5) is 27.6. The molecule has 0 saturated carbocycles. The van der Waals surface area contributed by atoms with E-state index in [1.165, 1.54) is 34.4 Å². The number of hydrogen-bond acceptors (Lipinski definition) is 5. The van der Waals surface area contributed by atoms with Gasteiger partial charge in [0, 0.05) is 30.7 Å². The Labute approximate surface area is 160 Å². The van der Waals surface area contributed by atoms with Crippen molar-refractivity contribution in [1.29, 1.82) is 0 Å². The minimum Gasteiger partial charge on any atom is -0.507 e. The summed E-state index contributed by atoms with van der Waals surface area (Å²) in [6.45, 7) is 2.36. The van der Waals surface area contributed by atoms with E-state index in [9.17, 15) is 19.1 Å². The lowest BCUT2D eigenvalue weighted by molar-refractivity contribution is -0.140. The average molecular weight is 389 g/mol. The maximum absolute atomic E-state index is 13.6. The predicted molar refractivity (Wildman–Crippen MR) is 101 cm³/mol. The quantitative estimate of drug-likeness (QED) is 0.354. The maximum Gasteiger partial charge on any atom is 0.295 e. The van der Waals surface area contributed by atoms with Gasteiger partial charge in [0.15, 0.2) is 0 Å². The molecule has 1 amide bonds. The van der Waals surface area contributed by atoms with Gasteiger partial charge in [0.2, 0.25) is 0 Å². The van der Waals surface area contributed by atoms with E-state index in [2.05, 4.69) is 0 Å². The number of benzene rings is 1. The van der Waals surface area contributed by atoms with Crippen molar-refractivity contribution < 1.29 is 23.8 Å². The van der Waals surface area contributed by atoms with Crippen LogP contribution < -0.4 is 0 Å². The lowest BCUT2D eigenvalue weighted by Gasteiger charge is -2.24. The summed E-state index contributed by atoms with van der Waals surface area (Å²) < 4.78 is 18.6. The van der Waals surface area contributed by atoms with Gasteiger partial charge in [-0.15, -0.1) is 11.3 Å². The molecule has 5 nitrogen and oxygen atoms in total. The third-order valence-corrected chi connectivity index (χ3v) is 5.46. The van der Waals surface area contributed by atoms with Crippen molar-refractivity contribution in [1.82, 2.24) is 4.90 Å². The molecule has 142 valence electrons. The van der Waals surface area contributed by atoms with Crippen LogP contribution in [-0.2, 0) is 14.3 Å². The second-order valence-electron chi connectivity index (χ2n) is 6.32. The summed E-state index contributed by atoms with van der Waals surface area (Å²) in [6.07, 6.45) is 0.571. The number of carbonyl (C=O) groups excluding carboxylic acids is 2. The summed E-state index contributed by atoms with van der Waals surface area (Å²) in [5.74, 6) is -2.07. The largest absolute Gasteiger partial charge is 0.507 e. The van der Waals surface area contributed by atoms with E-state index >= 15 is 0 Å². The van der Waals surface area contributed by atoms with Crippen molar-refractivity contribution in [2.75, 3.05) is 20.3 Å². The average Bonchev–Trinajstić information content (AvgIpc) is 3.26. The monoisotopic (exact) mass is 389 g/mol. The Morgan fingerprint density at radius 1 is 1.33 bits per heavy atom. The van der Waals surface area contributed by atoms with Crippen LogP contribution in [0.25, 0.3) is 5.76 Å². The number of methoxy groups -OCH3 is 1. The van der Waals surface area contributed by atoms with Crippen LogP contribution in [0.4, 0.5) is 4.39 Å². The van der Waals surface area contributed by atoms with Gasteiger partial charge in [-0.1, -0.05) is 6.07 Å². The van der Waals surface area contributed by atoms with E-state index in [4.69, 9.17) is 4.74 Å². The van der Waals surface area contributed by atoms with Gasteiger partial charge in [-0.2, -0.15) is 0 Å². The van der Waals surface area contributed by atoms with E-state index in [-0.39, 0.29) is 11.3 Å². The van der Waals surface area contributed by atoms with Gasteiger partial charge in [0.1, 0.15) is 11.6 Å². The third kappa shape index (κ3) is 3.65. The second kappa shape index (κ2) is 8.02. The van der Waals surface area contributed by atoms with Crippen LogP contribution in [0.5, 0.6) is 0 Å². The van der Waals surface area contributed by atoms with E-state index < -0.39 is 23.5 Å². The van der Waals surface area contributed by atoms with Crippen molar-refractivity contribution in [2.45, 2.75) is 19.4 Å². The molecule has 1 saturated heterocycles. The number of aliphatic hydroxyl groups is 1. The molecule has 1 aliphatic heterocycles. The molecular formula is C20H20FNO4S. The fraction of sp³-hybridized carbons (Fsp3) is 0.300. The van der Waals surface area contributed by atoms with Gasteiger partial charge >= 0.3 is 0 Å². The highest BCUT2D eigenvalue weighted by atomic mass is 32.1. The Balaban J connectivity index is 2.09. The number of nitrogens with zero attached hydrogens (tertiary/aromatic N) is 1. The number of hydrogen-bond donors (Lipinski definition) is 1. The Hall–Kier alpha value is -2.51. The summed E-state index contributed by atoms with van der Waals surface area (Å²) in [6, 6.07) is 7.10. The molecule has 1 aliphatic rings. The van der Waals surface area contributed by atoms with Gasteiger partial charge < -0.3 is 14.7 Å². The third-order valence-electron chi connectivity index (χ3n) is 4.53. The highest BCUT2D eigenvalue weighted by Crippen LogP contribution is 2.41. The van der Waals surface area contributed by atoms with Crippen LogP contribution in [0.2, 0.25) is 0 Å². The Bertz CT molecular complexity index is 891. The molecule has 27 heavy (non-hydrogen) atoms. The molecule has 0 spiro atoms. The van der Waals surface area contributed by atoms with Crippen molar-refractivity contribution in [2.24, 2.45) is 0 Å². The molecule has 1 fully saturated rings. The predicted octanol–water partition coefficient (Wildman–Crippen LogP) is 3.65. The van der Waals surface area contributed by atoms with E-state index in [1.54, 1.807) is 14.0 Å². The molecule has 2 aromatic rings. The maximum atomic E-state index is 13.6. The zero-order valence-electron chi connectivity index (χ0n) is 15.1. The van der Waals surface area contributed by atoms with Crippen molar-refractivity contribution in [3.63, 3.8) is 0 Å². The fourth-order valence-corrected chi connectivity index (χ4v) is 4.03. The number of likely N-dealkylation sites (tertiary alicyclic amines) is 1. The number of aryl methyl sites for hydroxylation is 1. The van der Waals surface area contributed by atoms with Gasteiger partial charge in [-0.3, -0.25) is 9.59 Å². The molecule has 1 aromatic carbocycles. The number of thiophene rings is 1. The summed E-state index contributed by atoms with van der Waals surface area (Å²) in [7, 11) is 1.57. The fourth-order valence-electron chi connectivity index (χ4n) is 3.18. The SMILES string of the molecule is COCCCN1C(=O)C(=O)/C(=C(\O)c2ccc(F)c(C)c2)C1c1cccs1. The van der Waals surface area contributed by atoms with Crippen LogP contribution in [-0.4, -0.2) is 42.0 Å². The minimum absolute atomic E-state index is 0.0332. The van der Waals surface area contributed by atoms with Crippen molar-refractivity contribution >= 4 is 28.8 Å². The van der Waals surface area contributed by atoms with E-state index in [0.717, 1.165) is 4.88 Å². The second-order valence-corrected chi connectivity index (χ2v) is 7.30. The zero-order valence-corrected chi connectivity index (χ0v) is 15.9. The van der Waals surface area contributed by atoms with E-state index in [1.807, 2.05) is 17.5 Å². The Morgan fingerprint density at radius 3 is 2.74 bits per heavy atom. The Kier molecular flexibility index (Phi) is 5.72. The normalized spacial score (nSPS) is 19.1. The molecule has 1 atom stereocenters. The minimum atomic E-state index is -0.731. The lowest BCUT2D eigenvalue weighted by Crippen LogP contribution is -2.31. The number of aliphatic hydroxyl groups excluding tert-OH is 1. The molecule has 3 rings (SSSR count). The smallest absolute Gasteiger partial charge is 0.295 e. The number of rotatable bonds is 6. The number of carbonyl (C=O) groups is 2. The van der Waals surface area contributed by atoms with Crippen LogP contribution in [0, 0.1) is 12.7 Å². The highest BCUT2D eigenvalue weighted by Gasteiger charge is 2.46. The number of halogens is 1. The van der Waals surface area contributed by atoms with Crippen molar-refractivity contribution in [3.05, 3.63) is 63.1 Å². The van der Waals surface area contributed by atoms with Crippen LogP contribution in [0.15, 0.2) is 41.3 Å². The lowest BCUT2D eigenvalue weighted by atomic mass is 9.99. The first-order chi connectivity index (χ1) is 13.0. The van der Waals surface area contributed by atoms with Crippen LogP contribution in [0.3, 0.4) is 0 Å². The van der Waals surface area contributed by atoms with Gasteiger partial charge in [-0.05, 0) is 48.6 Å². The molecule has 0 aliphatic carbocycles. The van der Waals surface area contributed by atoms with Crippen LogP contribution in [0.1, 0.15) is 28.5 Å². The number of ether oxygens (including phenoxy) is 1. The van der Waals surface area contributed by atoms with Crippen molar-refractivity contribution in [3.8, 4) is 0 Å². The van der Waals surface area contributed by atoms with Gasteiger partial charge in [0.05, 0.1) is 11.6 Å². The molecule has 7 heteroatoms.